The van der Waals surface area contributed by atoms with Gasteiger partial charge in [-0.1, -0.05) is 0 Å². The zero-order chi connectivity index (χ0) is 13.7. The molecule has 0 bridgehead atoms. The summed E-state index contributed by atoms with van der Waals surface area (Å²) in [5.74, 6) is 0.178. The summed E-state index contributed by atoms with van der Waals surface area (Å²) < 4.78 is 1.32. The highest BCUT2D eigenvalue weighted by Crippen LogP contribution is 2.14. The first kappa shape index (κ1) is 14.3. The minimum atomic E-state index is -0.493. The maximum absolute atomic E-state index is 11.8. The molecule has 0 fully saturated rings. The average Bonchev–Trinajstić information content (AvgIpc) is 2.29. The van der Waals surface area contributed by atoms with E-state index in [4.69, 9.17) is 10.8 Å². The van der Waals surface area contributed by atoms with Gasteiger partial charge in [0.1, 0.15) is 11.5 Å². The predicted molar refractivity (Wildman–Crippen MR) is 71.0 cm³/mol. The molecule has 0 saturated carbocycles. The molecule has 0 aliphatic rings. The largest absolute Gasteiger partial charge is 0.396 e. The Morgan fingerprint density at radius 2 is 2.06 bits per heavy atom. The summed E-state index contributed by atoms with van der Waals surface area (Å²) in [4.78, 5) is 27.2. The van der Waals surface area contributed by atoms with Gasteiger partial charge in [0.2, 0.25) is 0 Å². The molecule has 1 aromatic rings. The summed E-state index contributed by atoms with van der Waals surface area (Å²) in [5.41, 5.74) is 5.18. The minimum absolute atomic E-state index is 0.119. The van der Waals surface area contributed by atoms with Gasteiger partial charge < -0.3 is 15.7 Å². The molecule has 1 heterocycles. The van der Waals surface area contributed by atoms with Crippen molar-refractivity contribution in [3.05, 3.63) is 20.8 Å². The van der Waals surface area contributed by atoms with Gasteiger partial charge in [0.25, 0.3) is 5.56 Å². The van der Waals surface area contributed by atoms with Crippen LogP contribution < -0.4 is 21.9 Å². The smallest absolute Gasteiger partial charge is 0.330 e. The molecule has 0 amide bonds. The molecule has 0 aliphatic heterocycles. The lowest BCUT2D eigenvalue weighted by Crippen LogP contribution is -2.37. The third-order valence-corrected chi connectivity index (χ3v) is 2.81. The summed E-state index contributed by atoms with van der Waals surface area (Å²) in [6.45, 7) is 2.90. The van der Waals surface area contributed by atoms with Crippen LogP contribution in [0.2, 0.25) is 0 Å². The molecule has 0 saturated heterocycles. The van der Waals surface area contributed by atoms with Crippen molar-refractivity contribution in [2.75, 3.05) is 30.8 Å². The fraction of sp³-hybridized carbons (Fsp3) is 0.636. The second-order valence-corrected chi connectivity index (χ2v) is 4.09. The molecule has 0 spiro atoms. The molecule has 7 nitrogen and oxygen atoms in total. The second-order valence-electron chi connectivity index (χ2n) is 4.09. The van der Waals surface area contributed by atoms with Gasteiger partial charge in [-0.05, 0) is 19.8 Å². The molecular formula is C11H20N4O3. The number of hydrogen-bond donors (Lipinski definition) is 3. The van der Waals surface area contributed by atoms with E-state index >= 15 is 0 Å². The molecule has 1 rings (SSSR count). The number of nitrogens with two attached hydrogens (primary N) is 1. The van der Waals surface area contributed by atoms with Crippen LogP contribution in [0.4, 0.5) is 11.5 Å². The van der Waals surface area contributed by atoms with Gasteiger partial charge in [-0.2, -0.15) is 0 Å². The highest BCUT2D eigenvalue weighted by atomic mass is 16.3. The number of H-pyrrole nitrogens is 1. The van der Waals surface area contributed by atoms with Crippen molar-refractivity contribution < 1.29 is 5.11 Å². The van der Waals surface area contributed by atoms with Gasteiger partial charge in [-0.3, -0.25) is 14.3 Å². The number of nitrogens with zero attached hydrogens (tertiary/aromatic N) is 2. The first-order valence-electron chi connectivity index (χ1n) is 5.97. The van der Waals surface area contributed by atoms with Crippen molar-refractivity contribution in [3.63, 3.8) is 0 Å². The number of unbranched alkanes of at least 4 members (excludes halogenated alkanes) is 1. The lowest BCUT2D eigenvalue weighted by Gasteiger charge is -2.21. The Balaban J connectivity index is 3.08. The van der Waals surface area contributed by atoms with Gasteiger partial charge in [-0.25, -0.2) is 4.79 Å². The van der Waals surface area contributed by atoms with Crippen molar-refractivity contribution in [3.8, 4) is 0 Å². The summed E-state index contributed by atoms with van der Waals surface area (Å²) in [6.07, 6.45) is 1.41. The second kappa shape index (κ2) is 6.25. The number of aromatic amines is 1. The molecule has 18 heavy (non-hydrogen) atoms. The molecule has 0 aliphatic carbocycles. The van der Waals surface area contributed by atoms with Gasteiger partial charge in [-0.15, -0.1) is 0 Å². The Morgan fingerprint density at radius 3 is 2.61 bits per heavy atom. The number of anilines is 2. The first-order chi connectivity index (χ1) is 8.52. The van der Waals surface area contributed by atoms with Crippen LogP contribution >= 0.6 is 0 Å². The van der Waals surface area contributed by atoms with E-state index in [2.05, 4.69) is 4.98 Å². The fourth-order valence-corrected chi connectivity index (χ4v) is 1.83. The monoisotopic (exact) mass is 256 g/mol. The zero-order valence-electron chi connectivity index (χ0n) is 10.8. The molecule has 4 N–H and O–H groups in total. The van der Waals surface area contributed by atoms with Crippen LogP contribution in [-0.4, -0.2) is 34.9 Å². The van der Waals surface area contributed by atoms with Gasteiger partial charge in [0, 0.05) is 26.7 Å². The third kappa shape index (κ3) is 2.92. The zero-order valence-corrected chi connectivity index (χ0v) is 10.8. The van der Waals surface area contributed by atoms with E-state index in [0.29, 0.717) is 25.2 Å². The van der Waals surface area contributed by atoms with Crippen LogP contribution in [0.5, 0.6) is 0 Å². The lowest BCUT2D eigenvalue weighted by atomic mass is 10.3. The van der Waals surface area contributed by atoms with E-state index in [0.717, 1.165) is 6.42 Å². The van der Waals surface area contributed by atoms with Crippen molar-refractivity contribution >= 4 is 11.5 Å². The molecular weight excluding hydrogens is 236 g/mol. The molecule has 0 aromatic carbocycles. The number of aromatic nitrogens is 2. The number of nitrogens with one attached hydrogen (secondary N) is 1. The van der Waals surface area contributed by atoms with Crippen molar-refractivity contribution in [2.24, 2.45) is 0 Å². The van der Waals surface area contributed by atoms with E-state index in [9.17, 15) is 9.59 Å². The van der Waals surface area contributed by atoms with Crippen molar-refractivity contribution in [1.29, 1.82) is 0 Å². The molecule has 0 unspecified atom stereocenters. The lowest BCUT2D eigenvalue weighted by molar-refractivity contribution is 0.285. The van der Waals surface area contributed by atoms with E-state index in [1.165, 1.54) is 4.57 Å². The third-order valence-electron chi connectivity index (χ3n) is 2.81. The summed E-state index contributed by atoms with van der Waals surface area (Å²) in [7, 11) is 1.74. The predicted octanol–water partition coefficient (Wildman–Crippen LogP) is -0.653. The standard InChI is InChI=1S/C11H20N4O3/c1-3-15-9(12)8(10(17)13-11(15)18)14(2)6-4-5-7-16/h16H,3-7,12H2,1-2H3,(H,13,17,18). The fourth-order valence-electron chi connectivity index (χ4n) is 1.83. The van der Waals surface area contributed by atoms with Crippen LogP contribution in [0.3, 0.4) is 0 Å². The Bertz CT molecular complexity index is 506. The highest BCUT2D eigenvalue weighted by molar-refractivity contribution is 5.61. The van der Waals surface area contributed by atoms with Gasteiger partial charge >= 0.3 is 5.69 Å². The molecule has 0 radical (unpaired) electrons. The van der Waals surface area contributed by atoms with E-state index in [-0.39, 0.29) is 12.4 Å². The Hall–Kier alpha value is -1.76. The van der Waals surface area contributed by atoms with E-state index < -0.39 is 11.2 Å². The number of aliphatic hydroxyl groups excluding tert-OH is 1. The topological polar surface area (TPSA) is 104 Å². The van der Waals surface area contributed by atoms with Crippen molar-refractivity contribution in [2.45, 2.75) is 26.3 Å². The van der Waals surface area contributed by atoms with E-state index in [1.54, 1.807) is 18.9 Å². The van der Waals surface area contributed by atoms with Crippen LogP contribution in [0, 0.1) is 0 Å². The van der Waals surface area contributed by atoms with E-state index in [1.807, 2.05) is 0 Å². The number of hydrogen-bond acceptors (Lipinski definition) is 5. The average molecular weight is 256 g/mol. The molecule has 102 valence electrons. The number of aliphatic hydroxyl groups is 1. The first-order valence-corrected chi connectivity index (χ1v) is 5.97. The van der Waals surface area contributed by atoms with Crippen molar-refractivity contribution in [1.82, 2.24) is 9.55 Å². The summed E-state index contributed by atoms with van der Waals surface area (Å²) >= 11 is 0. The summed E-state index contributed by atoms with van der Waals surface area (Å²) in [5, 5.41) is 8.72. The van der Waals surface area contributed by atoms with Crippen LogP contribution in [-0.2, 0) is 6.54 Å². The maximum Gasteiger partial charge on any atom is 0.330 e. The maximum atomic E-state index is 11.8. The minimum Gasteiger partial charge on any atom is -0.396 e. The Morgan fingerprint density at radius 1 is 1.39 bits per heavy atom. The number of nitrogen functional groups attached to an aromatic ring is 1. The Kier molecular flexibility index (Phi) is 4.96. The Labute approximate surface area is 105 Å². The van der Waals surface area contributed by atoms with Gasteiger partial charge in [0.05, 0.1) is 0 Å². The molecule has 7 heteroatoms. The highest BCUT2D eigenvalue weighted by Gasteiger charge is 2.14. The van der Waals surface area contributed by atoms with Crippen LogP contribution in [0.1, 0.15) is 19.8 Å². The van der Waals surface area contributed by atoms with Crippen LogP contribution in [0.25, 0.3) is 0 Å². The summed E-state index contributed by atoms with van der Waals surface area (Å²) in [6, 6.07) is 0. The van der Waals surface area contributed by atoms with Gasteiger partial charge in [0.15, 0.2) is 0 Å². The quantitative estimate of drug-likeness (QED) is 0.586. The van der Waals surface area contributed by atoms with Crippen LogP contribution in [0.15, 0.2) is 9.59 Å². The SMILES string of the molecule is CCn1c(N)c(N(C)CCCCO)c(=O)[nH]c1=O. The molecule has 1 aromatic heterocycles. The number of rotatable bonds is 6. The molecule has 0 atom stereocenters. The normalized spacial score (nSPS) is 10.6.